The Bertz CT molecular complexity index is 1140. The lowest BCUT2D eigenvalue weighted by Gasteiger charge is -2.31. The van der Waals surface area contributed by atoms with Gasteiger partial charge in [-0.05, 0) is 67.8 Å². The van der Waals surface area contributed by atoms with Crippen molar-refractivity contribution in [3.8, 4) is 11.5 Å². The van der Waals surface area contributed by atoms with Gasteiger partial charge >= 0.3 is 0 Å². The largest absolute Gasteiger partial charge is 0.497 e. The van der Waals surface area contributed by atoms with Crippen LogP contribution in [0.3, 0.4) is 0 Å². The molecule has 2 saturated heterocycles. The number of hydrogen-bond acceptors (Lipinski definition) is 6. The van der Waals surface area contributed by atoms with Crippen LogP contribution < -0.4 is 14.8 Å². The molecule has 1 N–H and O–H groups in total. The first-order valence-corrected chi connectivity index (χ1v) is 13.7. The Kier molecular flexibility index (Phi) is 9.45. The maximum Gasteiger partial charge on any atom is 0.254 e. The molecule has 9 nitrogen and oxygen atoms in total. The number of ether oxygens (including phenoxy) is 2. The number of nitrogens with zero attached hydrogens (tertiary/aromatic N) is 3. The molecule has 2 unspecified atom stereocenters. The van der Waals surface area contributed by atoms with E-state index < -0.39 is 6.04 Å². The molecule has 2 aliphatic heterocycles. The molecule has 39 heavy (non-hydrogen) atoms. The summed E-state index contributed by atoms with van der Waals surface area (Å²) in [7, 11) is 3.15. The number of rotatable bonds is 8. The van der Waals surface area contributed by atoms with E-state index in [0.717, 1.165) is 19.5 Å². The second-order valence-electron chi connectivity index (χ2n) is 10.6. The van der Waals surface area contributed by atoms with Gasteiger partial charge in [-0.25, -0.2) is 0 Å². The van der Waals surface area contributed by atoms with E-state index in [1.54, 1.807) is 67.7 Å². The summed E-state index contributed by atoms with van der Waals surface area (Å²) < 4.78 is 10.6. The van der Waals surface area contributed by atoms with E-state index in [2.05, 4.69) is 19.2 Å². The molecule has 2 aromatic rings. The van der Waals surface area contributed by atoms with Crippen LogP contribution in [0.4, 0.5) is 0 Å². The van der Waals surface area contributed by atoms with Crippen LogP contribution in [0.5, 0.6) is 11.5 Å². The first-order valence-electron chi connectivity index (χ1n) is 13.7. The smallest absolute Gasteiger partial charge is 0.254 e. The summed E-state index contributed by atoms with van der Waals surface area (Å²) in [5.41, 5.74) is 1.01. The van der Waals surface area contributed by atoms with Crippen molar-refractivity contribution in [3.63, 3.8) is 0 Å². The van der Waals surface area contributed by atoms with Gasteiger partial charge in [-0.3, -0.25) is 14.4 Å². The van der Waals surface area contributed by atoms with Crippen molar-refractivity contribution in [2.75, 3.05) is 53.5 Å². The third-order valence-corrected chi connectivity index (χ3v) is 7.39. The molecular weight excluding hydrogens is 496 g/mol. The minimum atomic E-state index is -0.648. The third-order valence-electron chi connectivity index (χ3n) is 7.39. The number of nitrogens with one attached hydrogen (secondary N) is 1. The SMILES string of the molecule is COc1ccc(C(=O)N(CC(C)C)C2CC(C(=O)N3CCCNCC3)N(C(=O)c3cccc(OC)c3)C2)cc1. The van der Waals surface area contributed by atoms with Gasteiger partial charge in [0.1, 0.15) is 17.5 Å². The van der Waals surface area contributed by atoms with Crippen molar-refractivity contribution in [3.05, 3.63) is 59.7 Å². The molecule has 3 amide bonds. The maximum atomic E-state index is 13.9. The van der Waals surface area contributed by atoms with Crippen molar-refractivity contribution in [2.45, 2.75) is 38.8 Å². The Morgan fingerprint density at radius 2 is 1.72 bits per heavy atom. The van der Waals surface area contributed by atoms with Gasteiger partial charge in [0, 0.05) is 43.9 Å². The van der Waals surface area contributed by atoms with Gasteiger partial charge in [0.15, 0.2) is 0 Å². The Morgan fingerprint density at radius 3 is 2.41 bits per heavy atom. The lowest BCUT2D eigenvalue weighted by molar-refractivity contribution is -0.135. The molecular formula is C30H40N4O5. The van der Waals surface area contributed by atoms with Crippen LogP contribution in [0.1, 0.15) is 47.4 Å². The summed E-state index contributed by atoms with van der Waals surface area (Å²) in [4.78, 5) is 46.9. The third kappa shape index (κ3) is 6.71. The van der Waals surface area contributed by atoms with Crippen LogP contribution in [0.25, 0.3) is 0 Å². The van der Waals surface area contributed by atoms with Crippen molar-refractivity contribution >= 4 is 17.7 Å². The molecule has 0 radical (unpaired) electrons. The Balaban J connectivity index is 1.65. The van der Waals surface area contributed by atoms with E-state index in [9.17, 15) is 14.4 Å². The maximum absolute atomic E-state index is 13.9. The van der Waals surface area contributed by atoms with Gasteiger partial charge in [0.2, 0.25) is 5.91 Å². The van der Waals surface area contributed by atoms with Gasteiger partial charge in [-0.15, -0.1) is 0 Å². The molecule has 2 fully saturated rings. The number of likely N-dealkylation sites (tertiary alicyclic amines) is 1. The van der Waals surface area contributed by atoms with E-state index in [0.29, 0.717) is 48.7 Å². The highest BCUT2D eigenvalue weighted by atomic mass is 16.5. The van der Waals surface area contributed by atoms with Crippen LogP contribution in [-0.4, -0.2) is 98.0 Å². The summed E-state index contributed by atoms with van der Waals surface area (Å²) in [6, 6.07) is 13.1. The molecule has 210 valence electrons. The van der Waals surface area contributed by atoms with Crippen LogP contribution in [0.15, 0.2) is 48.5 Å². The van der Waals surface area contributed by atoms with Crippen molar-refractivity contribution in [1.82, 2.24) is 20.0 Å². The standard InChI is InChI=1S/C30H40N4O5/c1-21(2)19-33(28(35)22-9-11-25(38-3)12-10-22)24-18-27(30(37)32-15-6-13-31-14-16-32)34(20-24)29(36)23-7-5-8-26(17-23)39-4/h5,7-12,17,21,24,27,31H,6,13-16,18-20H2,1-4H3. The Morgan fingerprint density at radius 1 is 0.974 bits per heavy atom. The van der Waals surface area contributed by atoms with E-state index in [1.165, 1.54) is 0 Å². The van der Waals surface area contributed by atoms with Crippen molar-refractivity contribution < 1.29 is 23.9 Å². The number of carbonyl (C=O) groups is 3. The van der Waals surface area contributed by atoms with Gasteiger partial charge < -0.3 is 29.5 Å². The first kappa shape index (κ1) is 28.4. The fourth-order valence-electron chi connectivity index (χ4n) is 5.39. The highest BCUT2D eigenvalue weighted by Crippen LogP contribution is 2.29. The predicted molar refractivity (Wildman–Crippen MR) is 149 cm³/mol. The summed E-state index contributed by atoms with van der Waals surface area (Å²) in [5, 5.41) is 3.33. The zero-order chi connectivity index (χ0) is 27.9. The molecule has 2 aromatic carbocycles. The highest BCUT2D eigenvalue weighted by Gasteiger charge is 2.44. The zero-order valence-corrected chi connectivity index (χ0v) is 23.4. The fourth-order valence-corrected chi connectivity index (χ4v) is 5.39. The van der Waals surface area contributed by atoms with Gasteiger partial charge in [-0.1, -0.05) is 19.9 Å². The predicted octanol–water partition coefficient (Wildman–Crippen LogP) is 2.91. The van der Waals surface area contributed by atoms with Gasteiger partial charge in [0.25, 0.3) is 11.8 Å². The molecule has 2 aliphatic rings. The zero-order valence-electron chi connectivity index (χ0n) is 23.4. The van der Waals surface area contributed by atoms with Crippen molar-refractivity contribution in [2.24, 2.45) is 5.92 Å². The number of benzene rings is 2. The number of carbonyl (C=O) groups excluding carboxylic acids is 3. The molecule has 0 aromatic heterocycles. The second-order valence-corrected chi connectivity index (χ2v) is 10.6. The number of hydrogen-bond donors (Lipinski definition) is 1. The van der Waals surface area contributed by atoms with E-state index in [1.807, 2.05) is 9.80 Å². The minimum absolute atomic E-state index is 0.0566. The summed E-state index contributed by atoms with van der Waals surface area (Å²) in [5.74, 6) is 1.06. The highest BCUT2D eigenvalue weighted by molar-refractivity contribution is 5.99. The molecule has 0 bridgehead atoms. The molecule has 0 aliphatic carbocycles. The Labute approximate surface area is 231 Å². The summed E-state index contributed by atoms with van der Waals surface area (Å²) >= 11 is 0. The molecule has 0 saturated carbocycles. The lowest BCUT2D eigenvalue weighted by Crippen LogP contribution is -2.48. The fraction of sp³-hybridized carbons (Fsp3) is 0.500. The van der Waals surface area contributed by atoms with Crippen LogP contribution >= 0.6 is 0 Å². The molecule has 9 heteroatoms. The van der Waals surface area contributed by atoms with Crippen LogP contribution in [-0.2, 0) is 4.79 Å². The summed E-state index contributed by atoms with van der Waals surface area (Å²) in [6.45, 7) is 7.77. The molecule has 0 spiro atoms. The number of amides is 3. The number of methoxy groups -OCH3 is 2. The minimum Gasteiger partial charge on any atom is -0.497 e. The Hall–Kier alpha value is -3.59. The molecule has 4 rings (SSSR count). The quantitative estimate of drug-likeness (QED) is 0.558. The van der Waals surface area contributed by atoms with E-state index in [4.69, 9.17) is 9.47 Å². The van der Waals surface area contributed by atoms with Gasteiger partial charge in [0.05, 0.1) is 20.3 Å². The van der Waals surface area contributed by atoms with Crippen LogP contribution in [0.2, 0.25) is 0 Å². The summed E-state index contributed by atoms with van der Waals surface area (Å²) in [6.07, 6.45) is 1.26. The normalized spacial score (nSPS) is 19.5. The van der Waals surface area contributed by atoms with E-state index >= 15 is 0 Å². The van der Waals surface area contributed by atoms with Crippen molar-refractivity contribution in [1.29, 1.82) is 0 Å². The topological polar surface area (TPSA) is 91.4 Å². The van der Waals surface area contributed by atoms with Gasteiger partial charge in [-0.2, -0.15) is 0 Å². The first-order chi connectivity index (χ1) is 18.8. The van der Waals surface area contributed by atoms with E-state index in [-0.39, 0.29) is 36.2 Å². The monoisotopic (exact) mass is 536 g/mol. The average molecular weight is 537 g/mol. The van der Waals surface area contributed by atoms with Crippen LogP contribution in [0, 0.1) is 5.92 Å². The molecule has 2 atom stereocenters. The lowest BCUT2D eigenvalue weighted by atomic mass is 10.1. The molecule has 2 heterocycles. The second kappa shape index (κ2) is 13.0. The average Bonchev–Trinajstić information content (AvgIpc) is 3.21.